The molecule has 2 heterocycles. The van der Waals surface area contributed by atoms with Crippen LogP contribution in [0.25, 0.3) is 0 Å². The second-order valence-electron chi connectivity index (χ2n) is 16.0. The molecule has 1 aliphatic carbocycles. The number of urea groups is 1. The zero-order valence-electron chi connectivity index (χ0n) is 36.3. The van der Waals surface area contributed by atoms with Crippen molar-refractivity contribution < 1.29 is 98.4 Å². The minimum atomic E-state index is -1.82. The first-order valence-corrected chi connectivity index (χ1v) is 20.1. The highest BCUT2D eigenvalue weighted by Crippen LogP contribution is 2.62. The normalized spacial score (nSPS) is 17.4. The Morgan fingerprint density at radius 2 is 0.985 bits per heavy atom. The number of hydrogen-bond acceptors (Lipinski definition) is 15. The van der Waals surface area contributed by atoms with Gasteiger partial charge in [-0.05, 0) is 26.2 Å². The summed E-state index contributed by atoms with van der Waals surface area (Å²) in [7, 11) is 0. The van der Waals surface area contributed by atoms with Crippen LogP contribution in [0.5, 0.6) is 0 Å². The summed E-state index contributed by atoms with van der Waals surface area (Å²) in [6.07, 6.45) is 2.64. The van der Waals surface area contributed by atoms with Crippen molar-refractivity contribution in [2.45, 2.75) is 95.8 Å². The number of hydrogen-bond donors (Lipinski definition) is 11. The van der Waals surface area contributed by atoms with Crippen LogP contribution in [0.1, 0.15) is 57.6 Å². The van der Waals surface area contributed by atoms with Gasteiger partial charge in [-0.3, -0.25) is 43.3 Å². The summed E-state index contributed by atoms with van der Waals surface area (Å²) in [5.41, 5.74) is -2.70. The average molecular weight is 967 g/mol. The van der Waals surface area contributed by atoms with Gasteiger partial charge in [0.2, 0.25) is 17.7 Å². The van der Waals surface area contributed by atoms with Crippen molar-refractivity contribution in [3.05, 3.63) is 36.4 Å². The summed E-state index contributed by atoms with van der Waals surface area (Å²) in [5.74, 6) is -14.9. The molecule has 372 valence electrons. The van der Waals surface area contributed by atoms with Gasteiger partial charge in [0.25, 0.3) is 0 Å². The molecular formula is C38H50N10O20. The Kier molecular flexibility index (Phi) is 18.6. The molecule has 2 aromatic heterocycles. The molecule has 3 rings (SSSR count). The van der Waals surface area contributed by atoms with E-state index in [0.29, 0.717) is 9.80 Å². The second-order valence-corrected chi connectivity index (χ2v) is 16.0. The Bertz CT molecular complexity index is 2170. The Hall–Kier alpha value is -8.18. The molecule has 30 nitrogen and oxygen atoms in total. The first-order chi connectivity index (χ1) is 31.7. The minimum absolute atomic E-state index is 0.0153. The molecule has 5 atom stereocenters. The van der Waals surface area contributed by atoms with Crippen molar-refractivity contribution in [1.82, 2.24) is 49.8 Å². The van der Waals surface area contributed by atoms with Crippen LogP contribution in [0.2, 0.25) is 0 Å². The maximum absolute atomic E-state index is 13.3. The fraction of sp³-hybridized carbons (Fsp3) is 0.526. The first-order valence-electron chi connectivity index (χ1n) is 20.1. The van der Waals surface area contributed by atoms with E-state index in [1.165, 1.54) is 40.8 Å². The van der Waals surface area contributed by atoms with Gasteiger partial charge in [-0.1, -0.05) is 6.92 Å². The fourth-order valence-electron chi connectivity index (χ4n) is 7.33. The van der Waals surface area contributed by atoms with Crippen molar-refractivity contribution in [3.8, 4) is 0 Å². The van der Waals surface area contributed by atoms with Crippen molar-refractivity contribution in [2.75, 3.05) is 26.2 Å². The van der Waals surface area contributed by atoms with Crippen LogP contribution >= 0.6 is 0 Å². The summed E-state index contributed by atoms with van der Waals surface area (Å²) in [5, 5.41) is 81.8. The van der Waals surface area contributed by atoms with E-state index in [1.807, 2.05) is 10.6 Å². The molecule has 5 amide bonds. The zero-order valence-corrected chi connectivity index (χ0v) is 36.3. The van der Waals surface area contributed by atoms with Gasteiger partial charge in [0.1, 0.15) is 69.0 Å². The topological polar surface area (TPSA) is 448 Å². The molecule has 1 fully saturated rings. The number of aliphatic carboxylic acids is 8. The van der Waals surface area contributed by atoms with E-state index in [0.717, 1.165) is 0 Å². The highest BCUT2D eigenvalue weighted by atomic mass is 16.4. The summed E-state index contributed by atoms with van der Waals surface area (Å²) >= 11 is 0. The Balaban J connectivity index is 1.94. The number of carbonyl (C=O) groups is 12. The third-order valence-corrected chi connectivity index (χ3v) is 11.1. The molecule has 2 aromatic rings. The van der Waals surface area contributed by atoms with E-state index in [1.54, 1.807) is 11.8 Å². The molecule has 68 heavy (non-hydrogen) atoms. The van der Waals surface area contributed by atoms with Crippen molar-refractivity contribution >= 4 is 71.5 Å². The summed E-state index contributed by atoms with van der Waals surface area (Å²) in [4.78, 5) is 157. The lowest BCUT2D eigenvalue weighted by Crippen LogP contribution is -2.53. The van der Waals surface area contributed by atoms with E-state index >= 15 is 0 Å². The maximum Gasteiger partial charge on any atom is 0.326 e. The van der Waals surface area contributed by atoms with Crippen molar-refractivity contribution in [2.24, 2.45) is 5.41 Å². The molecule has 30 heteroatoms. The smallest absolute Gasteiger partial charge is 0.326 e. The maximum atomic E-state index is 13.3. The summed E-state index contributed by atoms with van der Waals surface area (Å²) in [6, 6.07) is -6.57. The molecule has 3 unspecified atom stereocenters. The number of carboxylic acids is 8. The number of nitrogens with one attached hydrogen (secondary N) is 3. The number of nitrogens with zero attached hydrogens (tertiary/aromatic N) is 7. The SMILES string of the molecule is CC1(C(NC(=O)CC[C@H](NC(=O)N[C@@H](CCC(=O)O)C(=O)O)C(=O)O)C(=O)O)CC1(C)N(Cc1nccn1CC(=O)N(CC(=O)O)CC(=O)O)Cc1nccn1CC(=O)N(CC(=O)O)CC(=O)O. The molecule has 0 bridgehead atoms. The predicted octanol–water partition coefficient (Wildman–Crippen LogP) is -3.33. The lowest BCUT2D eigenvalue weighted by atomic mass is 9.91. The molecule has 1 aliphatic rings. The van der Waals surface area contributed by atoms with Crippen LogP contribution in [-0.2, 0) is 78.9 Å². The largest absolute Gasteiger partial charge is 0.481 e. The van der Waals surface area contributed by atoms with E-state index in [2.05, 4.69) is 15.3 Å². The lowest BCUT2D eigenvalue weighted by Gasteiger charge is -2.35. The van der Waals surface area contributed by atoms with Gasteiger partial charge in [0, 0.05) is 48.6 Å². The molecule has 0 spiro atoms. The fourth-order valence-corrected chi connectivity index (χ4v) is 7.33. The van der Waals surface area contributed by atoms with Crippen molar-refractivity contribution in [3.63, 3.8) is 0 Å². The van der Waals surface area contributed by atoms with Crippen LogP contribution in [0.15, 0.2) is 24.8 Å². The predicted molar refractivity (Wildman–Crippen MR) is 219 cm³/mol. The third-order valence-electron chi connectivity index (χ3n) is 11.1. The van der Waals surface area contributed by atoms with Gasteiger partial charge in [0.05, 0.1) is 13.1 Å². The summed E-state index contributed by atoms with van der Waals surface area (Å²) < 4.78 is 2.53. The monoisotopic (exact) mass is 966 g/mol. The van der Waals surface area contributed by atoms with Crippen molar-refractivity contribution in [1.29, 1.82) is 0 Å². The Morgan fingerprint density at radius 1 is 0.588 bits per heavy atom. The average Bonchev–Trinajstić information content (AvgIpc) is 3.50. The second kappa shape index (κ2) is 23.3. The first kappa shape index (κ1) is 54.2. The van der Waals surface area contributed by atoms with Gasteiger partial charge in [-0.15, -0.1) is 0 Å². The van der Waals surface area contributed by atoms with Gasteiger partial charge < -0.3 is 75.7 Å². The van der Waals surface area contributed by atoms with E-state index in [4.69, 9.17) is 5.11 Å². The van der Waals surface area contributed by atoms with Gasteiger partial charge in [0.15, 0.2) is 0 Å². The molecule has 0 aromatic carbocycles. The van der Waals surface area contributed by atoms with Crippen LogP contribution in [0.4, 0.5) is 4.79 Å². The van der Waals surface area contributed by atoms with Crippen LogP contribution in [-0.4, -0.2) is 196 Å². The lowest BCUT2D eigenvalue weighted by molar-refractivity contribution is -0.150. The number of amides is 5. The van der Waals surface area contributed by atoms with Gasteiger partial charge in [-0.2, -0.15) is 0 Å². The van der Waals surface area contributed by atoms with Gasteiger partial charge in [-0.25, -0.2) is 29.1 Å². The Morgan fingerprint density at radius 3 is 1.34 bits per heavy atom. The van der Waals surface area contributed by atoms with Gasteiger partial charge >= 0.3 is 53.8 Å². The minimum Gasteiger partial charge on any atom is -0.481 e. The quantitative estimate of drug-likeness (QED) is 0.0365. The summed E-state index contributed by atoms with van der Waals surface area (Å²) in [6.45, 7) is -2.51. The highest BCUT2D eigenvalue weighted by Gasteiger charge is 2.69. The molecule has 0 saturated heterocycles. The van der Waals surface area contributed by atoms with Crippen LogP contribution in [0, 0.1) is 5.41 Å². The number of carboxylic acid groups (broad SMARTS) is 8. The van der Waals surface area contributed by atoms with E-state index in [9.17, 15) is 93.3 Å². The number of aromatic nitrogens is 4. The number of rotatable bonds is 30. The standard InChI is InChI=1S/C38H50N10O20/c1-37(32(35(66)67)43-24(49)5-3-20(33(62)63)41-36(68)42-21(34(64)65)4-6-27(52)53)19-38(37,2)48(11-22-39-7-9-44(22)13-25(50)46(15-28(54)55)16-29(56)57)12-23-40-8-10-45(23)14-26(51)47(17-30(58)59)18-31(60)61/h7-10,20-21,32H,3-6,11-19H2,1-2H3,(H,43,49)(H,52,53)(H,54,55)(H,56,57)(H,58,59)(H,60,61)(H,62,63)(H,64,65)(H,66,67)(H2,41,42,68)/t20-,21-,32?,37?,38?/m0/s1. The van der Waals surface area contributed by atoms with Crippen LogP contribution in [0.3, 0.4) is 0 Å². The van der Waals surface area contributed by atoms with Crippen LogP contribution < -0.4 is 16.0 Å². The molecule has 0 aliphatic heterocycles. The van der Waals surface area contributed by atoms with E-state index in [-0.39, 0.29) is 31.2 Å². The Labute approximate surface area is 383 Å². The molecular weight excluding hydrogens is 916 g/mol. The molecule has 11 N–H and O–H groups in total. The van der Waals surface area contributed by atoms with E-state index < -0.39 is 166 Å². The molecule has 1 saturated carbocycles. The number of imidazole rings is 2. The molecule has 0 radical (unpaired) electrons. The third kappa shape index (κ3) is 15.2. The zero-order chi connectivity index (χ0) is 51.3. The number of carbonyl (C=O) groups excluding carboxylic acids is 4. The highest BCUT2D eigenvalue weighted by molar-refractivity contribution is 5.89.